The van der Waals surface area contributed by atoms with Crippen LogP contribution < -0.4 is 0 Å². The average Bonchev–Trinajstić information content (AvgIpc) is 2.52. The summed E-state index contributed by atoms with van der Waals surface area (Å²) in [6, 6.07) is 0. The molecule has 4 heteroatoms. The largest absolute Gasteiger partial charge is 0.300 e. The quantitative estimate of drug-likeness (QED) is 0.724. The van der Waals surface area contributed by atoms with Gasteiger partial charge in [0.25, 0.3) is 0 Å². The van der Waals surface area contributed by atoms with E-state index in [4.69, 9.17) is 0 Å². The lowest BCUT2D eigenvalue weighted by atomic mass is 10.5. The Morgan fingerprint density at radius 3 is 2.57 bits per heavy atom. The Balaban J connectivity index is 0.000000461. The third-order valence-corrected chi connectivity index (χ3v) is 2.20. The van der Waals surface area contributed by atoms with E-state index in [2.05, 4.69) is 25.9 Å². The van der Waals surface area contributed by atoms with E-state index < -0.39 is 0 Å². The summed E-state index contributed by atoms with van der Waals surface area (Å²) >= 11 is 3.34. The molecule has 2 heterocycles. The van der Waals surface area contributed by atoms with Crippen molar-refractivity contribution in [2.45, 2.75) is 27.7 Å². The number of aromatic nitrogens is 3. The highest BCUT2D eigenvalue weighted by molar-refractivity contribution is 9.10. The fourth-order valence-corrected chi connectivity index (χ4v) is 1.69. The first-order valence-electron chi connectivity index (χ1n) is 4.65. The number of hydrogen-bond acceptors (Lipinski definition) is 2. The highest BCUT2D eigenvalue weighted by Gasteiger charge is 2.03. The van der Waals surface area contributed by atoms with Crippen molar-refractivity contribution >= 4 is 21.6 Å². The molecule has 0 spiro atoms. The van der Waals surface area contributed by atoms with Gasteiger partial charge in [0.2, 0.25) is 0 Å². The summed E-state index contributed by atoms with van der Waals surface area (Å²) in [6.45, 7) is 7.97. The average molecular weight is 256 g/mol. The van der Waals surface area contributed by atoms with E-state index in [1.807, 2.05) is 44.5 Å². The van der Waals surface area contributed by atoms with E-state index in [1.54, 1.807) is 0 Å². The number of nitrogens with zero attached hydrogens (tertiary/aromatic N) is 3. The number of halogens is 1. The highest BCUT2D eigenvalue weighted by Crippen LogP contribution is 2.13. The van der Waals surface area contributed by atoms with Crippen LogP contribution in [0.15, 0.2) is 17.0 Å². The van der Waals surface area contributed by atoms with E-state index in [9.17, 15) is 0 Å². The van der Waals surface area contributed by atoms with Gasteiger partial charge >= 0.3 is 0 Å². The Labute approximate surface area is 92.3 Å². The Hall–Kier alpha value is -0.900. The minimum atomic E-state index is 0.841. The predicted octanol–water partition coefficient (Wildman–Crippen LogP) is 3.13. The maximum Gasteiger partial charge on any atom is 0.158 e. The molecule has 0 aliphatic carbocycles. The Kier molecular flexibility index (Phi) is 3.63. The second-order valence-electron chi connectivity index (χ2n) is 2.74. The number of fused-ring (bicyclic) bond motifs is 1. The molecule has 0 atom stereocenters. The molecule has 0 aliphatic rings. The fourth-order valence-electron chi connectivity index (χ4n) is 1.22. The molecule has 0 amide bonds. The van der Waals surface area contributed by atoms with Gasteiger partial charge in [0.05, 0.1) is 5.69 Å². The van der Waals surface area contributed by atoms with Crippen LogP contribution >= 0.6 is 15.9 Å². The second-order valence-corrected chi connectivity index (χ2v) is 3.55. The molecule has 2 aromatic rings. The molecular formula is C10H14BrN3. The van der Waals surface area contributed by atoms with Crippen LogP contribution in [-0.2, 0) is 0 Å². The number of aryl methyl sites for hydroxylation is 2. The maximum atomic E-state index is 4.25. The lowest BCUT2D eigenvalue weighted by Crippen LogP contribution is -1.93. The zero-order valence-corrected chi connectivity index (χ0v) is 10.5. The molecule has 76 valence electrons. The van der Waals surface area contributed by atoms with Crippen molar-refractivity contribution in [3.8, 4) is 0 Å². The van der Waals surface area contributed by atoms with Crippen molar-refractivity contribution in [2.24, 2.45) is 0 Å². The minimum absolute atomic E-state index is 0.841. The van der Waals surface area contributed by atoms with Crippen LogP contribution in [0.3, 0.4) is 0 Å². The van der Waals surface area contributed by atoms with E-state index in [1.165, 1.54) is 0 Å². The minimum Gasteiger partial charge on any atom is -0.300 e. The first-order chi connectivity index (χ1) is 6.68. The van der Waals surface area contributed by atoms with Crippen LogP contribution in [-0.4, -0.2) is 14.4 Å². The highest BCUT2D eigenvalue weighted by atomic mass is 79.9. The molecule has 14 heavy (non-hydrogen) atoms. The monoisotopic (exact) mass is 255 g/mol. The van der Waals surface area contributed by atoms with Crippen LogP contribution in [0.1, 0.15) is 25.2 Å². The summed E-state index contributed by atoms with van der Waals surface area (Å²) in [5.74, 6) is 0. The summed E-state index contributed by atoms with van der Waals surface area (Å²) in [5.41, 5.74) is 2.99. The Morgan fingerprint density at radius 2 is 1.93 bits per heavy atom. The van der Waals surface area contributed by atoms with Crippen LogP contribution in [0.4, 0.5) is 0 Å². The number of hydrogen-bond donors (Lipinski definition) is 0. The third-order valence-electron chi connectivity index (χ3n) is 1.82. The second kappa shape index (κ2) is 4.55. The molecule has 0 aromatic carbocycles. The van der Waals surface area contributed by atoms with Crippen molar-refractivity contribution in [1.29, 1.82) is 0 Å². The fraction of sp³-hybridized carbons (Fsp3) is 0.400. The Morgan fingerprint density at radius 1 is 1.29 bits per heavy atom. The SMILES string of the molecule is CC.Cc1nc(Br)cn2c(C)cnc12. The molecule has 0 fully saturated rings. The number of imidazole rings is 1. The van der Waals surface area contributed by atoms with Gasteiger partial charge in [-0.05, 0) is 29.8 Å². The molecule has 0 saturated carbocycles. The molecular weight excluding hydrogens is 242 g/mol. The summed E-state index contributed by atoms with van der Waals surface area (Å²) < 4.78 is 2.86. The summed E-state index contributed by atoms with van der Waals surface area (Å²) in [7, 11) is 0. The molecule has 2 aromatic heterocycles. The molecule has 2 rings (SSSR count). The van der Waals surface area contributed by atoms with Gasteiger partial charge in [-0.1, -0.05) is 13.8 Å². The molecule has 0 bridgehead atoms. The van der Waals surface area contributed by atoms with Gasteiger partial charge < -0.3 is 4.40 Å². The van der Waals surface area contributed by atoms with Crippen molar-refractivity contribution in [1.82, 2.24) is 14.4 Å². The zero-order chi connectivity index (χ0) is 10.7. The lowest BCUT2D eigenvalue weighted by Gasteiger charge is -1.99. The van der Waals surface area contributed by atoms with Gasteiger partial charge in [0.1, 0.15) is 4.60 Å². The van der Waals surface area contributed by atoms with Crippen molar-refractivity contribution < 1.29 is 0 Å². The zero-order valence-electron chi connectivity index (χ0n) is 8.87. The standard InChI is InChI=1S/C8H8BrN3.C2H6/c1-5-3-10-8-6(2)11-7(9)4-12(5)8;1-2/h3-4H,1-2H3;1-2H3. The first kappa shape index (κ1) is 11.2. The topological polar surface area (TPSA) is 30.2 Å². The maximum absolute atomic E-state index is 4.25. The van der Waals surface area contributed by atoms with Gasteiger partial charge in [-0.3, -0.25) is 0 Å². The molecule has 0 saturated heterocycles. The number of rotatable bonds is 0. The van der Waals surface area contributed by atoms with E-state index >= 15 is 0 Å². The molecule has 0 N–H and O–H groups in total. The summed E-state index contributed by atoms with van der Waals surface area (Å²) in [6.07, 6.45) is 3.76. The van der Waals surface area contributed by atoms with E-state index in [0.29, 0.717) is 0 Å². The molecule has 0 aliphatic heterocycles. The molecule has 0 unspecified atom stereocenters. The van der Waals surface area contributed by atoms with Crippen molar-refractivity contribution in [2.75, 3.05) is 0 Å². The van der Waals surface area contributed by atoms with Crippen LogP contribution in [0.5, 0.6) is 0 Å². The van der Waals surface area contributed by atoms with E-state index in [-0.39, 0.29) is 0 Å². The van der Waals surface area contributed by atoms with Crippen molar-refractivity contribution in [3.63, 3.8) is 0 Å². The van der Waals surface area contributed by atoms with Crippen LogP contribution in [0, 0.1) is 13.8 Å². The lowest BCUT2D eigenvalue weighted by molar-refractivity contribution is 1.02. The molecule has 0 radical (unpaired) electrons. The summed E-state index contributed by atoms with van der Waals surface area (Å²) in [5, 5.41) is 0. The van der Waals surface area contributed by atoms with Crippen LogP contribution in [0.2, 0.25) is 0 Å². The Bertz CT molecular complexity index is 434. The third kappa shape index (κ3) is 1.95. The van der Waals surface area contributed by atoms with Crippen LogP contribution in [0.25, 0.3) is 5.65 Å². The first-order valence-corrected chi connectivity index (χ1v) is 5.44. The van der Waals surface area contributed by atoms with Gasteiger partial charge in [0.15, 0.2) is 5.65 Å². The smallest absolute Gasteiger partial charge is 0.158 e. The molecule has 3 nitrogen and oxygen atoms in total. The predicted molar refractivity (Wildman–Crippen MR) is 61.5 cm³/mol. The normalized spacial score (nSPS) is 9.79. The van der Waals surface area contributed by atoms with Gasteiger partial charge in [-0.2, -0.15) is 0 Å². The van der Waals surface area contributed by atoms with Gasteiger partial charge in [0, 0.05) is 18.1 Å². The summed E-state index contributed by atoms with van der Waals surface area (Å²) in [4.78, 5) is 8.49. The van der Waals surface area contributed by atoms with Gasteiger partial charge in [-0.15, -0.1) is 0 Å². The van der Waals surface area contributed by atoms with Crippen molar-refractivity contribution in [3.05, 3.63) is 28.4 Å². The van der Waals surface area contributed by atoms with E-state index in [0.717, 1.165) is 21.6 Å². The van der Waals surface area contributed by atoms with Gasteiger partial charge in [-0.25, -0.2) is 9.97 Å².